The molecular formula is C21H20FN3O2S. The van der Waals surface area contributed by atoms with Crippen LogP contribution in [-0.2, 0) is 10.0 Å². The van der Waals surface area contributed by atoms with Gasteiger partial charge in [-0.2, -0.15) is 5.10 Å². The number of benzene rings is 2. The first-order valence-electron chi connectivity index (χ1n) is 9.49. The maximum atomic E-state index is 14.6. The lowest BCUT2D eigenvalue weighted by Gasteiger charge is -2.12. The molecule has 7 heteroatoms. The average Bonchev–Trinajstić information content (AvgIpc) is 3.59. The lowest BCUT2D eigenvalue weighted by Crippen LogP contribution is -2.17. The van der Waals surface area contributed by atoms with E-state index in [9.17, 15) is 12.8 Å². The second kappa shape index (κ2) is 6.44. The Morgan fingerprint density at radius 2 is 1.68 bits per heavy atom. The van der Waals surface area contributed by atoms with E-state index in [0.717, 1.165) is 42.6 Å². The highest BCUT2D eigenvalue weighted by atomic mass is 32.2. The van der Waals surface area contributed by atoms with E-state index in [1.165, 1.54) is 12.1 Å². The normalized spacial score (nSPS) is 16.9. The minimum Gasteiger partial charge on any atom is -0.263 e. The smallest absolute Gasteiger partial charge is 0.263 e. The van der Waals surface area contributed by atoms with Crippen LogP contribution in [0.25, 0.3) is 5.69 Å². The van der Waals surface area contributed by atoms with Crippen LogP contribution in [0.2, 0.25) is 0 Å². The van der Waals surface area contributed by atoms with Crippen LogP contribution in [0.1, 0.15) is 48.8 Å². The quantitative estimate of drug-likeness (QED) is 0.663. The maximum absolute atomic E-state index is 14.6. The summed E-state index contributed by atoms with van der Waals surface area (Å²) >= 11 is 0. The largest absolute Gasteiger partial charge is 0.265 e. The summed E-state index contributed by atoms with van der Waals surface area (Å²) in [6.07, 6.45) is 4.17. The maximum Gasteiger partial charge on any atom is 0.265 e. The molecule has 2 saturated carbocycles. The highest BCUT2D eigenvalue weighted by Gasteiger charge is 2.30. The zero-order valence-corrected chi connectivity index (χ0v) is 16.0. The van der Waals surface area contributed by atoms with Gasteiger partial charge in [0.15, 0.2) is 0 Å². The second-order valence-corrected chi connectivity index (χ2v) is 9.20. The monoisotopic (exact) mass is 397 g/mol. The summed E-state index contributed by atoms with van der Waals surface area (Å²) in [4.78, 5) is -0.342. The molecule has 1 aromatic heterocycles. The minimum absolute atomic E-state index is 0.318. The number of nitrogens with zero attached hydrogens (tertiary/aromatic N) is 2. The number of anilines is 1. The first kappa shape index (κ1) is 17.4. The summed E-state index contributed by atoms with van der Waals surface area (Å²) in [7, 11) is -4.07. The second-order valence-electron chi connectivity index (χ2n) is 7.55. The van der Waals surface area contributed by atoms with Crippen molar-refractivity contribution in [1.29, 1.82) is 0 Å². The van der Waals surface area contributed by atoms with Gasteiger partial charge in [-0.25, -0.2) is 17.5 Å². The van der Waals surface area contributed by atoms with Crippen molar-refractivity contribution in [1.82, 2.24) is 9.78 Å². The van der Waals surface area contributed by atoms with Gasteiger partial charge in [0, 0.05) is 12.0 Å². The van der Waals surface area contributed by atoms with Crippen LogP contribution in [-0.4, -0.2) is 18.2 Å². The van der Waals surface area contributed by atoms with Crippen LogP contribution in [0.5, 0.6) is 0 Å². The lowest BCUT2D eigenvalue weighted by atomic mass is 10.1. The number of sulfonamides is 1. The van der Waals surface area contributed by atoms with E-state index < -0.39 is 15.8 Å². The number of hydrogen-bond donors (Lipinski definition) is 1. The number of aromatic nitrogens is 2. The van der Waals surface area contributed by atoms with Crippen molar-refractivity contribution in [2.45, 2.75) is 42.4 Å². The van der Waals surface area contributed by atoms with Gasteiger partial charge in [0.1, 0.15) is 16.5 Å². The first-order valence-corrected chi connectivity index (χ1v) is 11.0. The van der Waals surface area contributed by atoms with E-state index in [1.807, 2.05) is 30.3 Å². The molecule has 2 aromatic carbocycles. The Morgan fingerprint density at radius 3 is 2.32 bits per heavy atom. The van der Waals surface area contributed by atoms with E-state index >= 15 is 0 Å². The van der Waals surface area contributed by atoms with Gasteiger partial charge in [-0.05, 0) is 61.4 Å². The molecule has 1 heterocycles. The Hall–Kier alpha value is -2.67. The van der Waals surface area contributed by atoms with Crippen molar-refractivity contribution < 1.29 is 12.8 Å². The van der Waals surface area contributed by atoms with Crippen LogP contribution in [0.4, 0.5) is 10.2 Å². The molecule has 0 unspecified atom stereocenters. The summed E-state index contributed by atoms with van der Waals surface area (Å²) in [6, 6.07) is 15.5. The third-order valence-corrected chi connectivity index (χ3v) is 6.65. The summed E-state index contributed by atoms with van der Waals surface area (Å²) in [5.41, 5.74) is 2.46. The molecule has 2 fully saturated rings. The van der Waals surface area contributed by atoms with Crippen molar-refractivity contribution in [2.24, 2.45) is 0 Å². The van der Waals surface area contributed by atoms with Crippen LogP contribution in [0, 0.1) is 5.82 Å². The molecule has 5 rings (SSSR count). The average molecular weight is 397 g/mol. The Morgan fingerprint density at radius 1 is 0.964 bits per heavy atom. The SMILES string of the molecule is O=S(=O)(Nc1cc(C2CC2)nn1-c1ccccc1)c1ccc(C2CC2)cc1F. The summed E-state index contributed by atoms with van der Waals surface area (Å²) < 4.78 is 44.5. The topological polar surface area (TPSA) is 64.0 Å². The molecule has 28 heavy (non-hydrogen) atoms. The Balaban J connectivity index is 1.51. The van der Waals surface area contributed by atoms with E-state index in [4.69, 9.17) is 0 Å². The molecule has 0 amide bonds. The molecule has 1 N–H and O–H groups in total. The summed E-state index contributed by atoms with van der Waals surface area (Å²) in [5.74, 6) is 0.325. The van der Waals surface area contributed by atoms with Gasteiger partial charge in [0.25, 0.3) is 10.0 Å². The first-order chi connectivity index (χ1) is 13.5. The molecule has 2 aliphatic carbocycles. The molecule has 0 saturated heterocycles. The van der Waals surface area contributed by atoms with Crippen LogP contribution in [0.15, 0.2) is 59.5 Å². The predicted octanol–water partition coefficient (Wildman–Crippen LogP) is 4.57. The van der Waals surface area contributed by atoms with Gasteiger partial charge >= 0.3 is 0 Å². The number of hydrogen-bond acceptors (Lipinski definition) is 3. The highest BCUT2D eigenvalue weighted by Crippen LogP contribution is 2.42. The molecular weight excluding hydrogens is 377 g/mol. The minimum atomic E-state index is -4.07. The van der Waals surface area contributed by atoms with Crippen LogP contribution >= 0.6 is 0 Å². The van der Waals surface area contributed by atoms with Crippen molar-refractivity contribution in [3.8, 4) is 5.69 Å². The van der Waals surface area contributed by atoms with Gasteiger partial charge in [0.2, 0.25) is 0 Å². The van der Waals surface area contributed by atoms with Crippen molar-refractivity contribution in [2.75, 3.05) is 4.72 Å². The predicted molar refractivity (Wildman–Crippen MR) is 105 cm³/mol. The number of nitrogens with one attached hydrogen (secondary N) is 1. The van der Waals surface area contributed by atoms with Crippen LogP contribution in [0.3, 0.4) is 0 Å². The fourth-order valence-corrected chi connectivity index (χ4v) is 4.51. The Bertz CT molecular complexity index is 1130. The van der Waals surface area contributed by atoms with Gasteiger partial charge < -0.3 is 0 Å². The van der Waals surface area contributed by atoms with Crippen LogP contribution < -0.4 is 4.72 Å². The van der Waals surface area contributed by atoms with Crippen molar-refractivity contribution in [3.63, 3.8) is 0 Å². The molecule has 0 bridgehead atoms. The third-order valence-electron chi connectivity index (χ3n) is 5.26. The highest BCUT2D eigenvalue weighted by molar-refractivity contribution is 7.92. The molecule has 144 valence electrons. The van der Waals surface area contributed by atoms with Gasteiger partial charge in [-0.1, -0.05) is 24.3 Å². The van der Waals surface area contributed by atoms with Crippen molar-refractivity contribution >= 4 is 15.8 Å². The summed E-state index contributed by atoms with van der Waals surface area (Å²) in [6.45, 7) is 0. The van der Waals surface area contributed by atoms with Gasteiger partial charge in [-0.3, -0.25) is 4.72 Å². The molecule has 3 aromatic rings. The number of halogens is 1. The Kier molecular flexibility index (Phi) is 4.01. The zero-order chi connectivity index (χ0) is 19.3. The third kappa shape index (κ3) is 3.30. The number of rotatable bonds is 6. The van der Waals surface area contributed by atoms with E-state index in [0.29, 0.717) is 17.7 Å². The molecule has 5 nitrogen and oxygen atoms in total. The molecule has 0 spiro atoms. The van der Waals surface area contributed by atoms with E-state index in [1.54, 1.807) is 16.8 Å². The molecule has 0 radical (unpaired) electrons. The van der Waals surface area contributed by atoms with Gasteiger partial charge in [-0.15, -0.1) is 0 Å². The van der Waals surface area contributed by atoms with Crippen molar-refractivity contribution in [3.05, 3.63) is 71.7 Å². The van der Waals surface area contributed by atoms with E-state index in [-0.39, 0.29) is 4.90 Å². The Labute approximate surface area is 163 Å². The molecule has 0 aliphatic heterocycles. The fourth-order valence-electron chi connectivity index (χ4n) is 3.42. The molecule has 0 atom stereocenters. The lowest BCUT2D eigenvalue weighted by molar-refractivity contribution is 0.568. The molecule has 2 aliphatic rings. The summed E-state index contributed by atoms with van der Waals surface area (Å²) in [5, 5.41) is 4.58. The standard InChI is InChI=1S/C21H20FN3O2S/c22-18-12-16(14-6-7-14)10-11-20(18)28(26,27)24-21-13-19(15-8-9-15)23-25(21)17-4-2-1-3-5-17/h1-5,10-15,24H,6-9H2. The van der Waals surface area contributed by atoms with Gasteiger partial charge in [0.05, 0.1) is 11.4 Å². The number of para-hydroxylation sites is 1. The zero-order valence-electron chi connectivity index (χ0n) is 15.2. The fraction of sp³-hybridized carbons (Fsp3) is 0.286. The van der Waals surface area contributed by atoms with E-state index in [2.05, 4.69) is 9.82 Å².